The number of rotatable bonds is 7. The van der Waals surface area contributed by atoms with E-state index in [9.17, 15) is 4.79 Å². The highest BCUT2D eigenvalue weighted by Crippen LogP contribution is 2.28. The molecule has 122 valence electrons. The second kappa shape index (κ2) is 8.17. The van der Waals surface area contributed by atoms with Crippen molar-refractivity contribution in [2.24, 2.45) is 0 Å². The molecule has 5 nitrogen and oxygen atoms in total. The summed E-state index contributed by atoms with van der Waals surface area (Å²) in [6.07, 6.45) is 4.32. The summed E-state index contributed by atoms with van der Waals surface area (Å²) in [7, 11) is 1.56. The number of pyridine rings is 1. The molecule has 1 aromatic carbocycles. The van der Waals surface area contributed by atoms with Gasteiger partial charge in [0.1, 0.15) is 0 Å². The lowest BCUT2D eigenvalue weighted by atomic mass is 10.1. The van der Waals surface area contributed by atoms with E-state index in [2.05, 4.69) is 10.3 Å². The molecule has 0 atom stereocenters. The Morgan fingerprint density at radius 3 is 2.74 bits per heavy atom. The second-order valence-corrected chi connectivity index (χ2v) is 5.40. The highest BCUT2D eigenvalue weighted by atomic mass is 16.5. The van der Waals surface area contributed by atoms with E-state index in [1.54, 1.807) is 37.7 Å². The van der Waals surface area contributed by atoms with E-state index in [1.165, 1.54) is 0 Å². The summed E-state index contributed by atoms with van der Waals surface area (Å²) < 4.78 is 10.9. The van der Waals surface area contributed by atoms with Gasteiger partial charge in [-0.3, -0.25) is 9.78 Å². The van der Waals surface area contributed by atoms with Crippen LogP contribution in [-0.4, -0.2) is 30.6 Å². The molecule has 1 N–H and O–H groups in total. The average Bonchev–Trinajstić information content (AvgIpc) is 2.55. The summed E-state index contributed by atoms with van der Waals surface area (Å²) >= 11 is 0. The fraction of sp³-hybridized carbons (Fsp3) is 0.333. The van der Waals surface area contributed by atoms with Crippen molar-refractivity contribution in [3.05, 3.63) is 53.9 Å². The minimum atomic E-state index is -0.136. The van der Waals surface area contributed by atoms with Crippen LogP contribution in [0, 0.1) is 0 Å². The van der Waals surface area contributed by atoms with Crippen LogP contribution < -0.4 is 14.8 Å². The molecule has 0 bridgehead atoms. The second-order valence-electron chi connectivity index (χ2n) is 5.40. The lowest BCUT2D eigenvalue weighted by Gasteiger charge is -2.14. The fourth-order valence-corrected chi connectivity index (χ4v) is 2.13. The summed E-state index contributed by atoms with van der Waals surface area (Å²) in [5.74, 6) is 1.05. The Balaban J connectivity index is 1.96. The first-order chi connectivity index (χ1) is 11.1. The van der Waals surface area contributed by atoms with Gasteiger partial charge in [0.2, 0.25) is 0 Å². The lowest BCUT2D eigenvalue weighted by molar-refractivity contribution is 0.0953. The van der Waals surface area contributed by atoms with Crippen molar-refractivity contribution >= 4 is 5.91 Å². The van der Waals surface area contributed by atoms with Gasteiger partial charge >= 0.3 is 0 Å². The van der Waals surface area contributed by atoms with E-state index in [1.807, 2.05) is 26.0 Å². The number of hydrogen-bond acceptors (Lipinski definition) is 4. The zero-order valence-corrected chi connectivity index (χ0v) is 13.7. The molecule has 0 radical (unpaired) electrons. The molecule has 2 aromatic rings. The number of aromatic nitrogens is 1. The summed E-state index contributed by atoms with van der Waals surface area (Å²) in [5, 5.41) is 2.90. The minimum Gasteiger partial charge on any atom is -0.493 e. The van der Waals surface area contributed by atoms with Gasteiger partial charge in [0.15, 0.2) is 11.5 Å². The van der Waals surface area contributed by atoms with Crippen LogP contribution in [0.2, 0.25) is 0 Å². The lowest BCUT2D eigenvalue weighted by Crippen LogP contribution is -2.25. The van der Waals surface area contributed by atoms with Crippen LogP contribution >= 0.6 is 0 Å². The molecule has 0 unspecified atom stereocenters. The van der Waals surface area contributed by atoms with Crippen molar-refractivity contribution in [2.75, 3.05) is 13.7 Å². The van der Waals surface area contributed by atoms with Crippen LogP contribution in [-0.2, 0) is 6.42 Å². The van der Waals surface area contributed by atoms with Crippen molar-refractivity contribution < 1.29 is 14.3 Å². The molecule has 23 heavy (non-hydrogen) atoms. The van der Waals surface area contributed by atoms with Crippen LogP contribution in [0.25, 0.3) is 0 Å². The summed E-state index contributed by atoms with van der Waals surface area (Å²) in [4.78, 5) is 16.3. The van der Waals surface area contributed by atoms with E-state index < -0.39 is 0 Å². The summed E-state index contributed by atoms with van der Waals surface area (Å²) in [5.41, 5.74) is 1.63. The number of benzene rings is 1. The number of methoxy groups -OCH3 is 1. The topological polar surface area (TPSA) is 60.5 Å². The van der Waals surface area contributed by atoms with Crippen LogP contribution in [0.1, 0.15) is 29.8 Å². The molecule has 0 saturated heterocycles. The molecule has 0 spiro atoms. The van der Waals surface area contributed by atoms with E-state index in [-0.39, 0.29) is 12.0 Å². The Hall–Kier alpha value is -2.56. The molecular formula is C18H22N2O3. The SMILES string of the molecule is COc1cc(C(=O)NCCc2cccnc2)ccc1OC(C)C. The standard InChI is InChI=1S/C18H22N2O3/c1-13(2)23-16-7-6-15(11-17(16)22-3)18(21)20-10-8-14-5-4-9-19-12-14/h4-7,9,11-13H,8,10H2,1-3H3,(H,20,21). The molecule has 0 aliphatic heterocycles. The Bertz CT molecular complexity index is 642. The minimum absolute atomic E-state index is 0.0445. The van der Waals surface area contributed by atoms with Gasteiger partial charge in [-0.1, -0.05) is 6.07 Å². The van der Waals surface area contributed by atoms with Gasteiger partial charge in [-0.25, -0.2) is 0 Å². The van der Waals surface area contributed by atoms with Crippen LogP contribution in [0.4, 0.5) is 0 Å². The van der Waals surface area contributed by atoms with E-state index in [0.29, 0.717) is 23.6 Å². The zero-order valence-electron chi connectivity index (χ0n) is 13.7. The Labute approximate surface area is 136 Å². The van der Waals surface area contributed by atoms with Gasteiger partial charge in [0.25, 0.3) is 5.91 Å². The van der Waals surface area contributed by atoms with Gasteiger partial charge in [-0.2, -0.15) is 0 Å². The average molecular weight is 314 g/mol. The third kappa shape index (κ3) is 4.98. The molecule has 2 rings (SSSR count). The number of carbonyl (C=O) groups is 1. The molecular weight excluding hydrogens is 292 g/mol. The predicted molar refractivity (Wildman–Crippen MR) is 89.0 cm³/mol. The fourth-order valence-electron chi connectivity index (χ4n) is 2.13. The maximum Gasteiger partial charge on any atom is 0.251 e. The van der Waals surface area contributed by atoms with E-state index in [4.69, 9.17) is 9.47 Å². The monoisotopic (exact) mass is 314 g/mol. The van der Waals surface area contributed by atoms with Crippen molar-refractivity contribution in [1.29, 1.82) is 0 Å². The third-order valence-corrected chi connectivity index (χ3v) is 3.21. The summed E-state index contributed by atoms with van der Waals surface area (Å²) in [6.45, 7) is 4.44. The van der Waals surface area contributed by atoms with Gasteiger partial charge in [-0.05, 0) is 50.1 Å². The maximum absolute atomic E-state index is 12.2. The zero-order chi connectivity index (χ0) is 16.7. The maximum atomic E-state index is 12.2. The largest absolute Gasteiger partial charge is 0.493 e. The van der Waals surface area contributed by atoms with Crippen molar-refractivity contribution in [3.63, 3.8) is 0 Å². The highest BCUT2D eigenvalue weighted by Gasteiger charge is 2.11. The number of nitrogens with one attached hydrogen (secondary N) is 1. The molecule has 0 fully saturated rings. The molecule has 1 amide bonds. The Kier molecular flexibility index (Phi) is 5.97. The van der Waals surface area contributed by atoms with Gasteiger partial charge in [0, 0.05) is 24.5 Å². The normalized spacial score (nSPS) is 10.4. The summed E-state index contributed by atoms with van der Waals surface area (Å²) in [6, 6.07) is 9.06. The van der Waals surface area contributed by atoms with Crippen molar-refractivity contribution in [2.45, 2.75) is 26.4 Å². The van der Waals surface area contributed by atoms with Gasteiger partial charge in [0.05, 0.1) is 13.2 Å². The van der Waals surface area contributed by atoms with Crippen LogP contribution in [0.5, 0.6) is 11.5 Å². The third-order valence-electron chi connectivity index (χ3n) is 3.21. The predicted octanol–water partition coefficient (Wildman–Crippen LogP) is 2.85. The number of nitrogens with zero attached hydrogens (tertiary/aromatic N) is 1. The van der Waals surface area contributed by atoms with Crippen LogP contribution in [0.15, 0.2) is 42.7 Å². The first-order valence-electron chi connectivity index (χ1n) is 7.62. The van der Waals surface area contributed by atoms with E-state index >= 15 is 0 Å². The van der Waals surface area contributed by atoms with Crippen molar-refractivity contribution in [1.82, 2.24) is 10.3 Å². The molecule has 1 aromatic heterocycles. The smallest absolute Gasteiger partial charge is 0.251 e. The molecule has 0 saturated carbocycles. The van der Waals surface area contributed by atoms with E-state index in [0.717, 1.165) is 12.0 Å². The number of ether oxygens (including phenoxy) is 2. The van der Waals surface area contributed by atoms with Gasteiger partial charge in [-0.15, -0.1) is 0 Å². The number of carbonyl (C=O) groups excluding carboxylic acids is 1. The van der Waals surface area contributed by atoms with Crippen molar-refractivity contribution in [3.8, 4) is 11.5 Å². The first-order valence-corrected chi connectivity index (χ1v) is 7.62. The Morgan fingerprint density at radius 2 is 2.09 bits per heavy atom. The molecule has 1 heterocycles. The molecule has 0 aliphatic carbocycles. The Morgan fingerprint density at radius 1 is 1.26 bits per heavy atom. The molecule has 5 heteroatoms. The highest BCUT2D eigenvalue weighted by molar-refractivity contribution is 5.94. The number of amides is 1. The molecule has 0 aliphatic rings. The van der Waals surface area contributed by atoms with Crippen LogP contribution in [0.3, 0.4) is 0 Å². The number of hydrogen-bond donors (Lipinski definition) is 1. The first kappa shape index (κ1) is 16.8. The van der Waals surface area contributed by atoms with Gasteiger partial charge < -0.3 is 14.8 Å². The quantitative estimate of drug-likeness (QED) is 0.853.